The van der Waals surface area contributed by atoms with Crippen LogP contribution in [0.3, 0.4) is 0 Å². The molecule has 0 bridgehead atoms. The smallest absolute Gasteiger partial charge is 0.325 e. The highest BCUT2D eigenvalue weighted by atomic mass is 35.5. The number of hydrogen-bond acceptors (Lipinski definition) is 2. The minimum absolute atomic E-state index is 0.206. The molecule has 4 nitrogen and oxygen atoms in total. The predicted molar refractivity (Wildman–Crippen MR) is 89.6 cm³/mol. The third-order valence-corrected chi connectivity index (χ3v) is 3.57. The van der Waals surface area contributed by atoms with Crippen LogP contribution in [-0.4, -0.2) is 18.4 Å². The fraction of sp³-hybridized carbons (Fsp3) is 0.176. The standard InChI is InChI=1S/C17H14ClF3N2O2/c1-11(24)23(15-8-4-13(18)5-9-15)10-16(25)22-14-6-2-12(3-7-14)17(19,20)21/h2-9H,10H2,1H3,(H,22,25). The van der Waals surface area contributed by atoms with Gasteiger partial charge in [-0.2, -0.15) is 13.2 Å². The van der Waals surface area contributed by atoms with E-state index in [1.54, 1.807) is 24.3 Å². The van der Waals surface area contributed by atoms with Gasteiger partial charge in [0, 0.05) is 23.3 Å². The second-order valence-electron chi connectivity index (χ2n) is 5.20. The number of benzene rings is 2. The van der Waals surface area contributed by atoms with Crippen LogP contribution in [0.5, 0.6) is 0 Å². The lowest BCUT2D eigenvalue weighted by Gasteiger charge is -2.20. The molecule has 0 saturated carbocycles. The third-order valence-electron chi connectivity index (χ3n) is 3.32. The molecule has 0 atom stereocenters. The van der Waals surface area contributed by atoms with Crippen molar-refractivity contribution in [1.29, 1.82) is 0 Å². The van der Waals surface area contributed by atoms with Crippen molar-refractivity contribution in [3.8, 4) is 0 Å². The number of rotatable bonds is 4. The Morgan fingerprint density at radius 1 is 1.04 bits per heavy atom. The normalized spacial score (nSPS) is 11.1. The number of amides is 2. The van der Waals surface area contributed by atoms with Crippen LogP contribution in [0.15, 0.2) is 48.5 Å². The summed E-state index contributed by atoms with van der Waals surface area (Å²) in [6.07, 6.45) is -4.44. The van der Waals surface area contributed by atoms with Crippen molar-refractivity contribution in [1.82, 2.24) is 0 Å². The minimum Gasteiger partial charge on any atom is -0.325 e. The maximum Gasteiger partial charge on any atom is 0.416 e. The molecule has 25 heavy (non-hydrogen) atoms. The van der Waals surface area contributed by atoms with E-state index in [1.165, 1.54) is 11.8 Å². The number of nitrogens with one attached hydrogen (secondary N) is 1. The lowest BCUT2D eigenvalue weighted by Crippen LogP contribution is -2.36. The Kier molecular flexibility index (Phi) is 5.69. The molecule has 0 fully saturated rings. The molecule has 1 N–H and O–H groups in total. The molecule has 0 aliphatic heterocycles. The van der Waals surface area contributed by atoms with Gasteiger partial charge in [0.25, 0.3) is 0 Å². The van der Waals surface area contributed by atoms with Crippen molar-refractivity contribution in [2.75, 3.05) is 16.8 Å². The zero-order valence-corrected chi connectivity index (χ0v) is 13.9. The van der Waals surface area contributed by atoms with E-state index in [4.69, 9.17) is 11.6 Å². The maximum atomic E-state index is 12.5. The number of carbonyl (C=O) groups is 2. The molecule has 2 aromatic carbocycles. The summed E-state index contributed by atoms with van der Waals surface area (Å²) in [5, 5.41) is 2.95. The first-order valence-corrected chi connectivity index (χ1v) is 7.55. The Morgan fingerprint density at radius 2 is 1.60 bits per heavy atom. The second-order valence-corrected chi connectivity index (χ2v) is 5.64. The summed E-state index contributed by atoms with van der Waals surface area (Å²) in [7, 11) is 0. The molecule has 0 unspecified atom stereocenters. The average Bonchev–Trinajstić information content (AvgIpc) is 2.53. The van der Waals surface area contributed by atoms with E-state index in [9.17, 15) is 22.8 Å². The molecule has 0 saturated heterocycles. The zero-order valence-electron chi connectivity index (χ0n) is 13.1. The molecule has 0 spiro atoms. The molecule has 0 radical (unpaired) electrons. The number of nitrogens with zero attached hydrogens (tertiary/aromatic N) is 1. The van der Waals surface area contributed by atoms with Crippen LogP contribution >= 0.6 is 11.6 Å². The van der Waals surface area contributed by atoms with Gasteiger partial charge in [0.2, 0.25) is 11.8 Å². The quantitative estimate of drug-likeness (QED) is 0.869. The number of carbonyl (C=O) groups excluding carboxylic acids is 2. The van der Waals surface area contributed by atoms with E-state index in [0.29, 0.717) is 10.7 Å². The Morgan fingerprint density at radius 3 is 2.08 bits per heavy atom. The van der Waals surface area contributed by atoms with Gasteiger partial charge in [-0.1, -0.05) is 11.6 Å². The first-order valence-electron chi connectivity index (χ1n) is 7.17. The summed E-state index contributed by atoms with van der Waals surface area (Å²) in [5.74, 6) is -0.894. The zero-order chi connectivity index (χ0) is 18.6. The van der Waals surface area contributed by atoms with Crippen LogP contribution in [0.4, 0.5) is 24.5 Å². The van der Waals surface area contributed by atoms with Gasteiger partial charge in [-0.25, -0.2) is 0 Å². The van der Waals surface area contributed by atoms with E-state index < -0.39 is 17.6 Å². The largest absolute Gasteiger partial charge is 0.416 e. The lowest BCUT2D eigenvalue weighted by atomic mass is 10.2. The monoisotopic (exact) mass is 370 g/mol. The molecular weight excluding hydrogens is 357 g/mol. The van der Waals surface area contributed by atoms with Gasteiger partial charge in [-0.05, 0) is 48.5 Å². The van der Waals surface area contributed by atoms with Crippen molar-refractivity contribution in [3.63, 3.8) is 0 Å². The van der Waals surface area contributed by atoms with Crippen LogP contribution in [0.25, 0.3) is 0 Å². The molecule has 0 heterocycles. The molecule has 8 heteroatoms. The summed E-state index contributed by atoms with van der Waals surface area (Å²) in [6, 6.07) is 10.4. The first-order chi connectivity index (χ1) is 11.7. The molecule has 0 aromatic heterocycles. The van der Waals surface area contributed by atoms with Crippen LogP contribution in [0.2, 0.25) is 5.02 Å². The van der Waals surface area contributed by atoms with Crippen LogP contribution in [-0.2, 0) is 15.8 Å². The average molecular weight is 371 g/mol. The Balaban J connectivity index is 2.06. The molecule has 0 aliphatic rings. The summed E-state index contributed by atoms with van der Waals surface area (Å²) in [4.78, 5) is 25.1. The topological polar surface area (TPSA) is 49.4 Å². The third kappa shape index (κ3) is 5.22. The number of anilines is 2. The van der Waals surface area contributed by atoms with Crippen molar-refractivity contribution in [3.05, 3.63) is 59.1 Å². The Bertz CT molecular complexity index is 759. The maximum absolute atomic E-state index is 12.5. The summed E-state index contributed by atoms with van der Waals surface area (Å²) < 4.78 is 37.6. The molecule has 0 aliphatic carbocycles. The summed E-state index contributed by atoms with van der Waals surface area (Å²) in [6.45, 7) is 1.03. The Labute approximate surface area is 147 Å². The van der Waals surface area contributed by atoms with Crippen LogP contribution in [0.1, 0.15) is 12.5 Å². The van der Waals surface area contributed by atoms with Crippen LogP contribution < -0.4 is 10.2 Å². The summed E-state index contributed by atoms with van der Waals surface area (Å²) in [5.41, 5.74) is -0.117. The highest BCUT2D eigenvalue weighted by Crippen LogP contribution is 2.29. The van der Waals surface area contributed by atoms with Crippen LogP contribution in [0, 0.1) is 0 Å². The van der Waals surface area contributed by atoms with E-state index in [1.807, 2.05) is 0 Å². The van der Waals surface area contributed by atoms with Gasteiger partial charge >= 0.3 is 6.18 Å². The van der Waals surface area contributed by atoms with E-state index in [2.05, 4.69) is 5.32 Å². The van der Waals surface area contributed by atoms with Gasteiger partial charge in [0.1, 0.15) is 6.54 Å². The lowest BCUT2D eigenvalue weighted by molar-refractivity contribution is -0.137. The predicted octanol–water partition coefficient (Wildman–Crippen LogP) is 4.35. The van der Waals surface area contributed by atoms with Gasteiger partial charge < -0.3 is 10.2 Å². The van der Waals surface area contributed by atoms with E-state index in [0.717, 1.165) is 24.3 Å². The fourth-order valence-corrected chi connectivity index (χ4v) is 2.22. The SMILES string of the molecule is CC(=O)N(CC(=O)Nc1ccc(C(F)(F)F)cc1)c1ccc(Cl)cc1. The van der Waals surface area contributed by atoms with Crippen molar-refractivity contribution >= 4 is 34.8 Å². The highest BCUT2D eigenvalue weighted by Gasteiger charge is 2.30. The van der Waals surface area contributed by atoms with E-state index in [-0.39, 0.29) is 18.1 Å². The van der Waals surface area contributed by atoms with Gasteiger partial charge in [0.15, 0.2) is 0 Å². The van der Waals surface area contributed by atoms with E-state index >= 15 is 0 Å². The van der Waals surface area contributed by atoms with Gasteiger partial charge in [-0.15, -0.1) is 0 Å². The second kappa shape index (κ2) is 7.57. The highest BCUT2D eigenvalue weighted by molar-refractivity contribution is 6.30. The van der Waals surface area contributed by atoms with Crippen molar-refractivity contribution < 1.29 is 22.8 Å². The number of halogens is 4. The molecule has 2 rings (SSSR count). The Hall–Kier alpha value is -2.54. The summed E-state index contributed by atoms with van der Waals surface area (Å²) >= 11 is 5.79. The first kappa shape index (κ1) is 18.8. The molecule has 132 valence electrons. The fourth-order valence-electron chi connectivity index (χ4n) is 2.09. The van der Waals surface area contributed by atoms with Gasteiger partial charge in [0.05, 0.1) is 5.56 Å². The molecular formula is C17H14ClF3N2O2. The molecule has 2 amide bonds. The number of alkyl halides is 3. The van der Waals surface area contributed by atoms with Crippen molar-refractivity contribution in [2.24, 2.45) is 0 Å². The van der Waals surface area contributed by atoms with Gasteiger partial charge in [-0.3, -0.25) is 9.59 Å². The van der Waals surface area contributed by atoms with Crippen molar-refractivity contribution in [2.45, 2.75) is 13.1 Å². The number of hydrogen-bond donors (Lipinski definition) is 1. The minimum atomic E-state index is -4.44. The molecule has 2 aromatic rings.